The number of rotatable bonds is 9. The number of para-hydroxylation sites is 1. The number of nitro groups is 1. The van der Waals surface area contributed by atoms with Crippen molar-refractivity contribution < 1.29 is 29.2 Å². The lowest BCUT2D eigenvalue weighted by Crippen LogP contribution is -2.45. The number of hydrogen-bond acceptors (Lipinski definition) is 7. The molecule has 170 valence electrons. The van der Waals surface area contributed by atoms with Gasteiger partial charge in [0.15, 0.2) is 0 Å². The van der Waals surface area contributed by atoms with E-state index in [9.17, 15) is 29.6 Å². The number of ether oxygens (including phenoxy) is 1. The van der Waals surface area contributed by atoms with Gasteiger partial charge >= 0.3 is 11.9 Å². The largest absolute Gasteiger partial charge is 0.480 e. The third-order valence-electron chi connectivity index (χ3n) is 5.06. The number of carbonyl (C=O) groups is 3. The van der Waals surface area contributed by atoms with E-state index in [-0.39, 0.29) is 24.3 Å². The number of carboxylic acid groups (broad SMARTS) is 1. The number of hydrogen-bond donors (Lipinski definition) is 2. The van der Waals surface area contributed by atoms with Gasteiger partial charge in [0.2, 0.25) is 0 Å². The molecule has 10 heteroatoms. The Labute approximate surface area is 188 Å². The Morgan fingerprint density at radius 1 is 1.12 bits per heavy atom. The molecule has 0 fully saturated rings. The number of pyridine rings is 1. The van der Waals surface area contributed by atoms with Crippen LogP contribution in [0.3, 0.4) is 0 Å². The Morgan fingerprint density at radius 2 is 1.82 bits per heavy atom. The van der Waals surface area contributed by atoms with E-state index in [4.69, 9.17) is 4.74 Å². The predicted molar refractivity (Wildman–Crippen MR) is 118 cm³/mol. The number of carbonyl (C=O) groups excluding carboxylic acids is 2. The maximum atomic E-state index is 13.0. The molecular formula is C23H21N3O7. The van der Waals surface area contributed by atoms with Crippen LogP contribution in [0.2, 0.25) is 0 Å². The Balaban J connectivity index is 1.97. The number of nitrogens with one attached hydrogen (secondary N) is 1. The highest BCUT2D eigenvalue weighted by atomic mass is 16.6. The quantitative estimate of drug-likeness (QED) is 0.286. The molecule has 2 aromatic carbocycles. The molecule has 0 saturated heterocycles. The number of amides is 1. The number of fused-ring (bicyclic) bond motifs is 1. The van der Waals surface area contributed by atoms with Crippen LogP contribution in [0.4, 0.5) is 5.69 Å². The van der Waals surface area contributed by atoms with Gasteiger partial charge in [0.1, 0.15) is 6.04 Å². The molecule has 0 spiro atoms. The van der Waals surface area contributed by atoms with E-state index in [1.54, 1.807) is 31.2 Å². The van der Waals surface area contributed by atoms with Crippen LogP contribution in [0.1, 0.15) is 35.2 Å². The van der Waals surface area contributed by atoms with Gasteiger partial charge in [0.25, 0.3) is 11.6 Å². The van der Waals surface area contributed by atoms with E-state index in [1.165, 1.54) is 36.5 Å². The fraction of sp³-hybridized carbons (Fsp3) is 0.217. The van der Waals surface area contributed by atoms with Crippen molar-refractivity contribution in [2.75, 3.05) is 6.61 Å². The molecule has 0 aliphatic rings. The van der Waals surface area contributed by atoms with E-state index in [0.717, 1.165) is 0 Å². The van der Waals surface area contributed by atoms with Crippen LogP contribution < -0.4 is 5.32 Å². The first-order valence-electron chi connectivity index (χ1n) is 10.1. The Kier molecular flexibility index (Phi) is 7.29. The number of benzene rings is 2. The van der Waals surface area contributed by atoms with E-state index < -0.39 is 34.7 Å². The molecule has 2 atom stereocenters. The van der Waals surface area contributed by atoms with Gasteiger partial charge in [-0.05, 0) is 24.6 Å². The average molecular weight is 451 g/mol. The van der Waals surface area contributed by atoms with Crippen LogP contribution in [-0.2, 0) is 14.3 Å². The summed E-state index contributed by atoms with van der Waals surface area (Å²) >= 11 is 0. The highest BCUT2D eigenvalue weighted by molar-refractivity contribution is 6.06. The molecule has 0 saturated carbocycles. The molecular weight excluding hydrogens is 430 g/mol. The number of nitro benzene ring substituents is 1. The van der Waals surface area contributed by atoms with E-state index in [2.05, 4.69) is 10.3 Å². The van der Waals surface area contributed by atoms with Gasteiger partial charge in [-0.2, -0.15) is 0 Å². The minimum absolute atomic E-state index is 0.0948. The highest BCUT2D eigenvalue weighted by Crippen LogP contribution is 2.27. The summed E-state index contributed by atoms with van der Waals surface area (Å²) in [6, 6.07) is 12.1. The minimum Gasteiger partial charge on any atom is -0.480 e. The molecule has 1 heterocycles. The molecule has 0 radical (unpaired) electrons. The van der Waals surface area contributed by atoms with Gasteiger partial charge in [-0.1, -0.05) is 30.3 Å². The summed E-state index contributed by atoms with van der Waals surface area (Å²) in [6.45, 7) is 1.71. The first-order valence-corrected chi connectivity index (χ1v) is 10.1. The fourth-order valence-electron chi connectivity index (χ4n) is 3.51. The van der Waals surface area contributed by atoms with Crippen LogP contribution in [-0.4, -0.2) is 45.5 Å². The maximum absolute atomic E-state index is 13.0. The van der Waals surface area contributed by atoms with Crippen LogP contribution in [0, 0.1) is 10.1 Å². The Bertz CT molecular complexity index is 1190. The van der Waals surface area contributed by atoms with Gasteiger partial charge in [-0.15, -0.1) is 0 Å². The van der Waals surface area contributed by atoms with E-state index in [0.29, 0.717) is 16.5 Å². The number of esters is 1. The number of carboxylic acids is 1. The van der Waals surface area contributed by atoms with Crippen molar-refractivity contribution in [2.24, 2.45) is 0 Å². The molecule has 1 amide bonds. The maximum Gasteiger partial charge on any atom is 0.326 e. The molecule has 0 aliphatic carbocycles. The third-order valence-corrected chi connectivity index (χ3v) is 5.06. The topological polar surface area (TPSA) is 149 Å². The van der Waals surface area contributed by atoms with E-state index in [1.807, 2.05) is 0 Å². The summed E-state index contributed by atoms with van der Waals surface area (Å²) in [5.74, 6) is -3.74. The zero-order chi connectivity index (χ0) is 24.0. The third kappa shape index (κ3) is 5.48. The second kappa shape index (κ2) is 10.3. The SMILES string of the molecule is CCOC(=O)C[C@@H](c1ccc([N+](=O)[O-])cc1)[C@H](NC(=O)c1cccc2cccnc12)C(=O)O. The lowest BCUT2D eigenvalue weighted by atomic mass is 9.88. The summed E-state index contributed by atoms with van der Waals surface area (Å²) < 4.78 is 4.97. The average Bonchev–Trinajstić information content (AvgIpc) is 2.80. The van der Waals surface area contributed by atoms with Crippen molar-refractivity contribution in [1.29, 1.82) is 0 Å². The van der Waals surface area contributed by atoms with Gasteiger partial charge in [0, 0.05) is 29.6 Å². The number of aliphatic carboxylic acids is 1. The zero-order valence-electron chi connectivity index (χ0n) is 17.6. The van der Waals surface area contributed by atoms with Gasteiger partial charge < -0.3 is 15.2 Å². The minimum atomic E-state index is -1.51. The standard InChI is InChI=1S/C23H21N3O7/c1-2-33-19(27)13-18(14-8-10-16(11-9-14)26(31)32)21(23(29)30)25-22(28)17-7-3-5-15-6-4-12-24-20(15)17/h3-12,18,21H,2,13H2,1H3,(H,25,28)(H,29,30)/t18-,21-/m0/s1. The Hall–Kier alpha value is -4.34. The van der Waals surface area contributed by atoms with Crippen molar-refractivity contribution in [2.45, 2.75) is 25.3 Å². The predicted octanol–water partition coefficient (Wildman–Crippen LogP) is 3.06. The molecule has 3 rings (SSSR count). The van der Waals surface area contributed by atoms with Crippen molar-refractivity contribution in [3.8, 4) is 0 Å². The molecule has 0 unspecified atom stereocenters. The number of nitrogens with zero attached hydrogens (tertiary/aromatic N) is 2. The van der Waals surface area contributed by atoms with Crippen molar-refractivity contribution >= 4 is 34.4 Å². The second-order valence-electron chi connectivity index (χ2n) is 7.13. The molecule has 10 nitrogen and oxygen atoms in total. The van der Waals surface area contributed by atoms with Gasteiger partial charge in [0.05, 0.1) is 29.0 Å². The number of non-ortho nitro benzene ring substituents is 1. The van der Waals surface area contributed by atoms with Crippen LogP contribution in [0.25, 0.3) is 10.9 Å². The Morgan fingerprint density at radius 3 is 2.45 bits per heavy atom. The lowest BCUT2D eigenvalue weighted by Gasteiger charge is -2.25. The molecule has 1 aromatic heterocycles. The van der Waals surface area contributed by atoms with Gasteiger partial charge in [-0.25, -0.2) is 4.79 Å². The first-order chi connectivity index (χ1) is 15.8. The summed E-state index contributed by atoms with van der Waals surface area (Å²) in [5, 5.41) is 24.1. The summed E-state index contributed by atoms with van der Waals surface area (Å²) in [5.41, 5.74) is 0.723. The van der Waals surface area contributed by atoms with Crippen molar-refractivity contribution in [1.82, 2.24) is 10.3 Å². The molecule has 0 aliphatic heterocycles. The van der Waals surface area contributed by atoms with Gasteiger partial charge in [-0.3, -0.25) is 24.7 Å². The monoisotopic (exact) mass is 451 g/mol. The van der Waals surface area contributed by atoms with Crippen molar-refractivity contribution in [3.63, 3.8) is 0 Å². The summed E-state index contributed by atoms with van der Waals surface area (Å²) in [7, 11) is 0. The summed E-state index contributed by atoms with van der Waals surface area (Å²) in [6.07, 6.45) is 1.17. The van der Waals surface area contributed by atoms with Crippen LogP contribution >= 0.6 is 0 Å². The molecule has 33 heavy (non-hydrogen) atoms. The van der Waals surface area contributed by atoms with E-state index >= 15 is 0 Å². The molecule has 0 bridgehead atoms. The molecule has 2 N–H and O–H groups in total. The van der Waals surface area contributed by atoms with Crippen molar-refractivity contribution in [3.05, 3.63) is 82.0 Å². The smallest absolute Gasteiger partial charge is 0.326 e. The summed E-state index contributed by atoms with van der Waals surface area (Å²) in [4.78, 5) is 52.0. The zero-order valence-corrected chi connectivity index (χ0v) is 17.6. The molecule has 3 aromatic rings. The normalized spacial score (nSPS) is 12.5. The number of aromatic nitrogens is 1. The first kappa shape index (κ1) is 23.3. The highest BCUT2D eigenvalue weighted by Gasteiger charge is 2.34. The lowest BCUT2D eigenvalue weighted by molar-refractivity contribution is -0.384. The van der Waals surface area contributed by atoms with Crippen LogP contribution in [0.15, 0.2) is 60.8 Å². The van der Waals surface area contributed by atoms with Crippen LogP contribution in [0.5, 0.6) is 0 Å². The second-order valence-corrected chi connectivity index (χ2v) is 7.13. The fourth-order valence-corrected chi connectivity index (χ4v) is 3.51.